The Bertz CT molecular complexity index is 655. The molecule has 2 aromatic rings. The lowest BCUT2D eigenvalue weighted by molar-refractivity contribution is -0.127. The summed E-state index contributed by atoms with van der Waals surface area (Å²) in [5.74, 6) is -0.0379. The second kappa shape index (κ2) is 5.98. The molecule has 0 aromatic carbocycles. The van der Waals surface area contributed by atoms with Gasteiger partial charge in [-0.25, -0.2) is 4.98 Å². The van der Waals surface area contributed by atoms with Gasteiger partial charge >= 0.3 is 0 Å². The Kier molecular flexibility index (Phi) is 4.07. The number of rotatable bonds is 4. The third-order valence-corrected chi connectivity index (χ3v) is 4.38. The van der Waals surface area contributed by atoms with Crippen LogP contribution in [0.1, 0.15) is 23.4 Å². The largest absolute Gasteiger partial charge is 0.444 e. The highest BCUT2D eigenvalue weighted by atomic mass is 79.9. The molecule has 1 fully saturated rings. The molecule has 1 aliphatic rings. The molecule has 8 heteroatoms. The first kappa shape index (κ1) is 14.3. The minimum Gasteiger partial charge on any atom is -0.444 e. The van der Waals surface area contributed by atoms with Gasteiger partial charge in [-0.2, -0.15) is 0 Å². The number of carbonyl (C=O) groups excluding carboxylic acids is 2. The zero-order chi connectivity index (χ0) is 14.8. The Morgan fingerprint density at radius 3 is 2.95 bits per heavy atom. The van der Waals surface area contributed by atoms with Crippen LogP contribution in [0.5, 0.6) is 0 Å². The first-order valence-electron chi connectivity index (χ1n) is 6.39. The molecule has 0 unspecified atom stereocenters. The number of thiazole rings is 1. The lowest BCUT2D eigenvalue weighted by Gasteiger charge is -2.25. The van der Waals surface area contributed by atoms with Gasteiger partial charge in [0.05, 0.1) is 0 Å². The molecule has 3 heterocycles. The normalized spacial score (nSPS) is 14.7. The van der Waals surface area contributed by atoms with E-state index < -0.39 is 0 Å². The van der Waals surface area contributed by atoms with Crippen molar-refractivity contribution >= 4 is 44.2 Å². The highest BCUT2D eigenvalue weighted by Gasteiger charge is 2.28. The van der Waals surface area contributed by atoms with Crippen LogP contribution in [0.15, 0.2) is 32.8 Å². The molecule has 2 amide bonds. The topological polar surface area (TPSA) is 66.7 Å². The van der Waals surface area contributed by atoms with E-state index in [1.165, 1.54) is 16.2 Å². The summed E-state index contributed by atoms with van der Waals surface area (Å²) in [6.45, 7) is 0.860. The van der Waals surface area contributed by atoms with Gasteiger partial charge < -0.3 is 9.32 Å². The molecular formula is C13H12BrN3O3S. The van der Waals surface area contributed by atoms with Crippen LogP contribution in [0.2, 0.25) is 0 Å². The van der Waals surface area contributed by atoms with Crippen LogP contribution < -0.4 is 4.90 Å². The number of halogens is 1. The summed E-state index contributed by atoms with van der Waals surface area (Å²) >= 11 is 4.53. The van der Waals surface area contributed by atoms with Crippen LogP contribution >= 0.6 is 27.3 Å². The second-order valence-corrected chi connectivity index (χ2v) is 6.21. The predicted octanol–water partition coefficient (Wildman–Crippen LogP) is 2.73. The first-order valence-corrected chi connectivity index (χ1v) is 8.07. The van der Waals surface area contributed by atoms with Crippen LogP contribution in [-0.2, 0) is 4.79 Å². The molecule has 0 saturated carbocycles. The van der Waals surface area contributed by atoms with Gasteiger partial charge in [0, 0.05) is 24.5 Å². The third-order valence-electron chi connectivity index (χ3n) is 3.16. The molecular weight excluding hydrogens is 358 g/mol. The van der Waals surface area contributed by atoms with Gasteiger partial charge in [0.2, 0.25) is 5.91 Å². The third kappa shape index (κ3) is 3.01. The highest BCUT2D eigenvalue weighted by Crippen LogP contribution is 2.24. The zero-order valence-corrected chi connectivity index (χ0v) is 13.4. The summed E-state index contributed by atoms with van der Waals surface area (Å²) in [5, 5.41) is 2.34. The summed E-state index contributed by atoms with van der Waals surface area (Å²) in [6, 6.07) is 3.26. The molecule has 0 radical (unpaired) electrons. The fourth-order valence-electron chi connectivity index (χ4n) is 2.15. The molecule has 0 N–H and O–H groups in total. The SMILES string of the molecule is O=C1CCCN1CN(C(=O)c1ccc(Br)o1)c1nccs1. The van der Waals surface area contributed by atoms with Crippen LogP contribution in [0.3, 0.4) is 0 Å². The predicted molar refractivity (Wildman–Crippen MR) is 81.1 cm³/mol. The molecule has 1 saturated heterocycles. The molecule has 0 spiro atoms. The molecule has 0 bridgehead atoms. The van der Waals surface area contributed by atoms with Gasteiger partial charge in [-0.05, 0) is 34.5 Å². The van der Waals surface area contributed by atoms with E-state index >= 15 is 0 Å². The smallest absolute Gasteiger partial charge is 0.297 e. The van der Waals surface area contributed by atoms with Crippen molar-refractivity contribution in [2.75, 3.05) is 18.1 Å². The Balaban J connectivity index is 1.85. The Morgan fingerprint density at radius 2 is 2.38 bits per heavy atom. The van der Waals surface area contributed by atoms with Gasteiger partial charge in [-0.15, -0.1) is 11.3 Å². The number of hydrogen-bond acceptors (Lipinski definition) is 5. The summed E-state index contributed by atoms with van der Waals surface area (Å²) in [6.07, 6.45) is 2.99. The zero-order valence-electron chi connectivity index (χ0n) is 11.0. The van der Waals surface area contributed by atoms with Crippen molar-refractivity contribution in [3.8, 4) is 0 Å². The number of hydrogen-bond donors (Lipinski definition) is 0. The molecule has 3 rings (SSSR count). The summed E-state index contributed by atoms with van der Waals surface area (Å²) < 4.78 is 5.80. The molecule has 21 heavy (non-hydrogen) atoms. The summed E-state index contributed by atoms with van der Waals surface area (Å²) in [5.41, 5.74) is 0. The van der Waals surface area contributed by atoms with Gasteiger partial charge in [-0.3, -0.25) is 14.5 Å². The van der Waals surface area contributed by atoms with Crippen LogP contribution in [0.4, 0.5) is 5.13 Å². The van der Waals surface area contributed by atoms with Crippen molar-refractivity contribution in [1.82, 2.24) is 9.88 Å². The van der Waals surface area contributed by atoms with E-state index in [1.54, 1.807) is 28.6 Å². The average molecular weight is 370 g/mol. The summed E-state index contributed by atoms with van der Waals surface area (Å²) in [7, 11) is 0. The molecule has 0 aliphatic carbocycles. The van der Waals surface area contributed by atoms with Crippen LogP contribution in [0, 0.1) is 0 Å². The fraction of sp³-hybridized carbons (Fsp3) is 0.308. The van der Waals surface area contributed by atoms with E-state index in [4.69, 9.17) is 4.42 Å². The second-order valence-electron chi connectivity index (χ2n) is 4.55. The molecule has 2 aromatic heterocycles. The number of carbonyl (C=O) groups is 2. The summed E-state index contributed by atoms with van der Waals surface area (Å²) in [4.78, 5) is 31.7. The number of anilines is 1. The van der Waals surface area contributed by atoms with Crippen molar-refractivity contribution in [3.63, 3.8) is 0 Å². The fourth-order valence-corrected chi connectivity index (χ4v) is 3.09. The number of furan rings is 1. The van der Waals surface area contributed by atoms with Gasteiger partial charge in [0.25, 0.3) is 5.91 Å². The minimum atomic E-state index is -0.310. The Morgan fingerprint density at radius 1 is 1.52 bits per heavy atom. The van der Waals surface area contributed by atoms with E-state index in [9.17, 15) is 9.59 Å². The Hall–Kier alpha value is -1.67. The monoisotopic (exact) mass is 369 g/mol. The average Bonchev–Trinajstić information content (AvgIpc) is 3.18. The molecule has 0 atom stereocenters. The van der Waals surface area contributed by atoms with E-state index in [2.05, 4.69) is 20.9 Å². The van der Waals surface area contributed by atoms with E-state index in [0.717, 1.165) is 6.42 Å². The van der Waals surface area contributed by atoms with Crippen molar-refractivity contribution < 1.29 is 14.0 Å². The first-order chi connectivity index (χ1) is 10.1. The van der Waals surface area contributed by atoms with Crippen molar-refractivity contribution in [1.29, 1.82) is 0 Å². The van der Waals surface area contributed by atoms with Gasteiger partial charge in [0.15, 0.2) is 15.6 Å². The number of amides is 2. The van der Waals surface area contributed by atoms with Gasteiger partial charge in [-0.1, -0.05) is 0 Å². The number of nitrogens with zero attached hydrogens (tertiary/aromatic N) is 3. The van der Waals surface area contributed by atoms with E-state index in [0.29, 0.717) is 22.8 Å². The van der Waals surface area contributed by atoms with E-state index in [-0.39, 0.29) is 24.2 Å². The lowest BCUT2D eigenvalue weighted by Crippen LogP contribution is -2.42. The Labute approximate surface area is 133 Å². The number of likely N-dealkylation sites (tertiary alicyclic amines) is 1. The highest BCUT2D eigenvalue weighted by molar-refractivity contribution is 9.10. The quantitative estimate of drug-likeness (QED) is 0.830. The lowest BCUT2D eigenvalue weighted by atomic mass is 10.4. The molecule has 6 nitrogen and oxygen atoms in total. The maximum absolute atomic E-state index is 12.6. The van der Waals surface area contributed by atoms with Crippen LogP contribution in [-0.4, -0.2) is 34.9 Å². The standard InChI is InChI=1S/C13H12BrN3O3S/c14-10-4-3-9(20-10)12(19)17(13-15-5-7-21-13)8-16-6-1-2-11(16)18/h3-5,7H,1-2,6,8H2. The van der Waals surface area contributed by atoms with Crippen LogP contribution in [0.25, 0.3) is 0 Å². The van der Waals surface area contributed by atoms with E-state index in [1.807, 2.05) is 0 Å². The minimum absolute atomic E-state index is 0.0602. The van der Waals surface area contributed by atoms with Crippen molar-refractivity contribution in [3.05, 3.63) is 34.1 Å². The molecule has 1 aliphatic heterocycles. The maximum Gasteiger partial charge on any atom is 0.297 e. The van der Waals surface area contributed by atoms with Gasteiger partial charge in [0.1, 0.15) is 6.67 Å². The number of aromatic nitrogens is 1. The van der Waals surface area contributed by atoms with Crippen molar-refractivity contribution in [2.45, 2.75) is 12.8 Å². The maximum atomic E-state index is 12.6. The van der Waals surface area contributed by atoms with Crippen molar-refractivity contribution in [2.24, 2.45) is 0 Å². The molecule has 110 valence electrons.